The number of hydrogen-bond acceptors (Lipinski definition) is 4. The summed E-state index contributed by atoms with van der Waals surface area (Å²) in [5.74, 6) is 0.857. The van der Waals surface area contributed by atoms with Crippen LogP contribution in [0.15, 0.2) is 24.3 Å². The van der Waals surface area contributed by atoms with Crippen molar-refractivity contribution in [2.75, 3.05) is 19.6 Å². The normalized spacial score (nSPS) is 25.4. The van der Waals surface area contributed by atoms with E-state index in [4.69, 9.17) is 10.5 Å². The van der Waals surface area contributed by atoms with Crippen molar-refractivity contribution in [3.63, 3.8) is 0 Å². The van der Waals surface area contributed by atoms with Gasteiger partial charge in [-0.3, -0.25) is 9.69 Å². The third kappa shape index (κ3) is 6.99. The summed E-state index contributed by atoms with van der Waals surface area (Å²) in [6, 6.07) is 8.95. The van der Waals surface area contributed by atoms with E-state index in [1.807, 2.05) is 37.8 Å². The lowest BCUT2D eigenvalue weighted by atomic mass is 9.84. The van der Waals surface area contributed by atoms with Crippen LogP contribution in [0, 0.1) is 5.92 Å². The second-order valence-electron chi connectivity index (χ2n) is 12.0. The van der Waals surface area contributed by atoms with Crippen molar-refractivity contribution in [2.45, 2.75) is 109 Å². The number of fused-ring (bicyclic) bond motifs is 2. The average molecular weight is 484 g/mol. The Kier molecular flexibility index (Phi) is 8.41. The highest BCUT2D eigenvalue weighted by Crippen LogP contribution is 2.43. The van der Waals surface area contributed by atoms with E-state index in [1.165, 1.54) is 50.5 Å². The topological polar surface area (TPSA) is 75.9 Å². The molecule has 1 aromatic carbocycles. The molecule has 194 valence electrons. The van der Waals surface area contributed by atoms with E-state index in [9.17, 15) is 9.59 Å². The van der Waals surface area contributed by atoms with Gasteiger partial charge in [-0.1, -0.05) is 44.2 Å². The van der Waals surface area contributed by atoms with E-state index in [2.05, 4.69) is 11.0 Å². The van der Waals surface area contributed by atoms with Gasteiger partial charge in [-0.15, -0.1) is 0 Å². The molecule has 2 heterocycles. The molecule has 4 rings (SSSR count). The maximum atomic E-state index is 13.1. The summed E-state index contributed by atoms with van der Waals surface area (Å²) in [5.41, 5.74) is 6.88. The summed E-state index contributed by atoms with van der Waals surface area (Å²) in [6.45, 7) is 8.28. The minimum atomic E-state index is -0.475. The molecule has 0 radical (unpaired) electrons. The Balaban J connectivity index is 1.36. The second kappa shape index (κ2) is 11.3. The fraction of sp³-hybridized carbons (Fsp3) is 0.724. The van der Waals surface area contributed by atoms with Crippen LogP contribution in [0.5, 0.6) is 0 Å². The Morgan fingerprint density at radius 3 is 2.34 bits per heavy atom. The molecule has 2 N–H and O–H groups in total. The summed E-state index contributed by atoms with van der Waals surface area (Å²) >= 11 is 0. The van der Waals surface area contributed by atoms with E-state index < -0.39 is 5.60 Å². The summed E-state index contributed by atoms with van der Waals surface area (Å²) in [4.78, 5) is 29.3. The predicted molar refractivity (Wildman–Crippen MR) is 139 cm³/mol. The number of carbonyl (C=O) groups is 2. The molecule has 35 heavy (non-hydrogen) atoms. The van der Waals surface area contributed by atoms with Gasteiger partial charge in [0.15, 0.2) is 0 Å². The smallest absolute Gasteiger partial charge is 0.410 e. The molecule has 1 aromatic rings. The summed E-state index contributed by atoms with van der Waals surface area (Å²) < 4.78 is 5.79. The van der Waals surface area contributed by atoms with Crippen molar-refractivity contribution in [3.8, 4) is 0 Å². The summed E-state index contributed by atoms with van der Waals surface area (Å²) in [5, 5.41) is 0. The van der Waals surface area contributed by atoms with Crippen molar-refractivity contribution in [2.24, 2.45) is 11.7 Å². The van der Waals surface area contributed by atoms with Gasteiger partial charge in [0.25, 0.3) is 0 Å². The van der Waals surface area contributed by atoms with Crippen LogP contribution in [0.4, 0.5) is 4.79 Å². The van der Waals surface area contributed by atoms with Gasteiger partial charge in [-0.25, -0.2) is 4.79 Å². The number of nitrogens with two attached hydrogens (primary N) is 1. The summed E-state index contributed by atoms with van der Waals surface area (Å²) in [7, 11) is 0. The number of piperidine rings is 1. The standard InChI is InChI=1S/C29H45N3O3/c1-29(2,3)35-28(34)31(15-14-21-8-5-4-6-9-21)16-17-32-25-12-13-26(32)20-24(19-25)22-10-7-11-23(18-22)27(30)33/h7,10-11,18,21,24-26H,4-6,8-9,12-17,19-20H2,1-3H3,(H2,30,33). The van der Waals surface area contributed by atoms with Gasteiger partial charge in [0, 0.05) is 37.3 Å². The average Bonchev–Trinajstić information content (AvgIpc) is 3.05. The van der Waals surface area contributed by atoms with Gasteiger partial charge in [0.2, 0.25) is 5.91 Å². The number of primary amides is 1. The van der Waals surface area contributed by atoms with Crippen LogP contribution in [0.1, 0.15) is 107 Å². The Labute approximate surface area is 211 Å². The van der Waals surface area contributed by atoms with Crippen molar-refractivity contribution in [1.82, 2.24) is 9.80 Å². The predicted octanol–water partition coefficient (Wildman–Crippen LogP) is 5.70. The molecule has 6 heteroatoms. The Bertz CT molecular complexity index is 860. The Morgan fingerprint density at radius 2 is 1.71 bits per heavy atom. The highest BCUT2D eigenvalue weighted by atomic mass is 16.6. The number of ether oxygens (including phenoxy) is 1. The first-order valence-corrected chi connectivity index (χ1v) is 13.8. The first-order valence-electron chi connectivity index (χ1n) is 13.8. The molecule has 2 atom stereocenters. The first kappa shape index (κ1) is 26.0. The number of amides is 2. The van der Waals surface area contributed by atoms with Crippen molar-refractivity contribution < 1.29 is 14.3 Å². The van der Waals surface area contributed by atoms with Gasteiger partial charge in [-0.2, -0.15) is 0 Å². The van der Waals surface area contributed by atoms with Crippen LogP contribution in [-0.2, 0) is 4.74 Å². The molecule has 0 spiro atoms. The number of benzene rings is 1. The maximum absolute atomic E-state index is 13.1. The van der Waals surface area contributed by atoms with E-state index in [-0.39, 0.29) is 12.0 Å². The molecular formula is C29H45N3O3. The van der Waals surface area contributed by atoms with Crippen molar-refractivity contribution in [1.29, 1.82) is 0 Å². The highest BCUT2D eigenvalue weighted by molar-refractivity contribution is 5.92. The van der Waals surface area contributed by atoms with E-state index in [0.29, 0.717) is 23.6 Å². The molecule has 2 bridgehead atoms. The Hall–Kier alpha value is -2.08. The van der Waals surface area contributed by atoms with Gasteiger partial charge in [0.05, 0.1) is 0 Å². The fourth-order valence-corrected chi connectivity index (χ4v) is 6.53. The van der Waals surface area contributed by atoms with Crippen LogP contribution in [0.3, 0.4) is 0 Å². The number of carbonyl (C=O) groups excluding carboxylic acids is 2. The number of hydrogen-bond donors (Lipinski definition) is 1. The zero-order valence-electron chi connectivity index (χ0n) is 22.0. The lowest BCUT2D eigenvalue weighted by Crippen LogP contribution is -2.48. The minimum absolute atomic E-state index is 0.168. The quantitative estimate of drug-likeness (QED) is 0.514. The molecule has 3 aliphatic rings. The molecule has 2 saturated heterocycles. The Morgan fingerprint density at radius 1 is 1.03 bits per heavy atom. The third-order valence-electron chi connectivity index (χ3n) is 8.34. The lowest BCUT2D eigenvalue weighted by molar-refractivity contribution is 0.0189. The van der Waals surface area contributed by atoms with Crippen LogP contribution in [0.2, 0.25) is 0 Å². The zero-order chi connectivity index (χ0) is 25.0. The zero-order valence-corrected chi connectivity index (χ0v) is 22.0. The van der Waals surface area contributed by atoms with Gasteiger partial charge in [0.1, 0.15) is 5.60 Å². The van der Waals surface area contributed by atoms with Gasteiger partial charge < -0.3 is 15.4 Å². The van der Waals surface area contributed by atoms with Crippen molar-refractivity contribution >= 4 is 12.0 Å². The van der Waals surface area contributed by atoms with E-state index >= 15 is 0 Å². The first-order chi connectivity index (χ1) is 16.7. The molecule has 2 unspecified atom stereocenters. The molecule has 3 fully saturated rings. The maximum Gasteiger partial charge on any atom is 0.410 e. The van der Waals surface area contributed by atoms with Crippen LogP contribution >= 0.6 is 0 Å². The minimum Gasteiger partial charge on any atom is -0.444 e. The SMILES string of the molecule is CC(C)(C)OC(=O)N(CCC1CCCCC1)CCN1C2CCC1CC(c1cccc(C(N)=O)c1)C2. The van der Waals surface area contributed by atoms with Crippen LogP contribution in [-0.4, -0.2) is 59.1 Å². The van der Waals surface area contributed by atoms with Crippen molar-refractivity contribution in [3.05, 3.63) is 35.4 Å². The molecule has 1 aliphatic carbocycles. The highest BCUT2D eigenvalue weighted by Gasteiger charge is 2.41. The monoisotopic (exact) mass is 483 g/mol. The second-order valence-corrected chi connectivity index (χ2v) is 12.0. The summed E-state index contributed by atoms with van der Waals surface area (Å²) in [6.07, 6.45) is 12.2. The molecular weight excluding hydrogens is 438 g/mol. The van der Waals surface area contributed by atoms with Gasteiger partial charge in [-0.05, 0) is 82.4 Å². The number of rotatable bonds is 8. The van der Waals surface area contributed by atoms with E-state index in [0.717, 1.165) is 44.8 Å². The van der Waals surface area contributed by atoms with Crippen LogP contribution in [0.25, 0.3) is 0 Å². The molecule has 6 nitrogen and oxygen atoms in total. The van der Waals surface area contributed by atoms with Crippen LogP contribution < -0.4 is 5.73 Å². The largest absolute Gasteiger partial charge is 0.444 e. The molecule has 1 saturated carbocycles. The lowest BCUT2D eigenvalue weighted by Gasteiger charge is -2.40. The molecule has 2 aliphatic heterocycles. The molecule has 0 aromatic heterocycles. The number of nitrogens with zero attached hydrogens (tertiary/aromatic N) is 2. The fourth-order valence-electron chi connectivity index (χ4n) is 6.53. The van der Waals surface area contributed by atoms with Gasteiger partial charge >= 0.3 is 6.09 Å². The third-order valence-corrected chi connectivity index (χ3v) is 8.34. The molecule has 2 amide bonds. The van der Waals surface area contributed by atoms with E-state index in [1.54, 1.807) is 6.07 Å².